The van der Waals surface area contributed by atoms with Crippen molar-refractivity contribution in [3.8, 4) is 0 Å². The maximum Gasteiger partial charge on any atom is 0.303 e. The number of carbonyl (C=O) groups excluding carboxylic acids is 2. The Hall–Kier alpha value is -2.08. The largest absolute Gasteiger partial charge is 0.481 e. The monoisotopic (exact) mass is 352 g/mol. The van der Waals surface area contributed by atoms with Crippen LogP contribution in [0.25, 0.3) is 0 Å². The molecule has 1 saturated heterocycles. The van der Waals surface area contributed by atoms with Crippen LogP contribution in [0.4, 0.5) is 0 Å². The van der Waals surface area contributed by atoms with E-state index < -0.39 is 11.5 Å². The van der Waals surface area contributed by atoms with Gasteiger partial charge in [-0.15, -0.1) is 0 Å². The predicted molar refractivity (Wildman–Crippen MR) is 89.5 cm³/mol. The van der Waals surface area contributed by atoms with Crippen molar-refractivity contribution in [2.75, 3.05) is 0 Å². The number of carbonyl (C=O) groups is 3. The summed E-state index contributed by atoms with van der Waals surface area (Å²) in [4.78, 5) is 34.4. The number of nitrogens with one attached hydrogen (secondary N) is 2. The Labute approximate surface area is 145 Å². The lowest BCUT2D eigenvalue weighted by atomic mass is 9.86. The normalized spacial score (nSPS) is 19.8. The summed E-state index contributed by atoms with van der Waals surface area (Å²) in [6.07, 6.45) is 1.94. The molecule has 6 nitrogen and oxygen atoms in total. The summed E-state index contributed by atoms with van der Waals surface area (Å²) in [5.74, 6) is -1.12. The lowest BCUT2D eigenvalue weighted by Crippen LogP contribution is -2.43. The Bertz CT molecular complexity index is 635. The topological polar surface area (TPSA) is 95.5 Å². The number of rotatable bonds is 8. The average molecular weight is 353 g/mol. The van der Waals surface area contributed by atoms with Crippen LogP contribution in [0.15, 0.2) is 24.3 Å². The van der Waals surface area contributed by atoms with Crippen molar-refractivity contribution >= 4 is 29.4 Å². The fourth-order valence-corrected chi connectivity index (χ4v) is 3.12. The highest BCUT2D eigenvalue weighted by molar-refractivity contribution is 6.30. The van der Waals surface area contributed by atoms with Crippen LogP contribution in [0.1, 0.15) is 44.1 Å². The van der Waals surface area contributed by atoms with E-state index in [1.54, 1.807) is 12.1 Å². The van der Waals surface area contributed by atoms with E-state index in [0.29, 0.717) is 37.3 Å². The first kappa shape index (κ1) is 18.3. The molecule has 0 radical (unpaired) electrons. The van der Waals surface area contributed by atoms with Crippen LogP contribution < -0.4 is 10.6 Å². The highest BCUT2D eigenvalue weighted by Gasteiger charge is 2.37. The number of benzene rings is 1. The second-order valence-corrected chi connectivity index (χ2v) is 6.57. The van der Waals surface area contributed by atoms with Crippen LogP contribution >= 0.6 is 11.6 Å². The third kappa shape index (κ3) is 5.53. The molecule has 7 heteroatoms. The molecular weight excluding hydrogens is 332 g/mol. The minimum atomic E-state index is -0.902. The fourth-order valence-electron chi connectivity index (χ4n) is 2.91. The molecule has 0 aromatic heterocycles. The summed E-state index contributed by atoms with van der Waals surface area (Å²) in [5.41, 5.74) is 0.327. The SMILES string of the molecule is O=C(O)CCC1(CCC(=O)NCc2cccc(Cl)c2)CCC(=O)N1. The minimum absolute atomic E-state index is 0.0234. The second kappa shape index (κ2) is 8.15. The lowest BCUT2D eigenvalue weighted by molar-refractivity contribution is -0.137. The summed E-state index contributed by atoms with van der Waals surface area (Å²) in [6, 6.07) is 7.24. The van der Waals surface area contributed by atoms with E-state index in [4.69, 9.17) is 16.7 Å². The van der Waals surface area contributed by atoms with Crippen LogP contribution in [-0.4, -0.2) is 28.4 Å². The van der Waals surface area contributed by atoms with Crippen LogP contribution in [0, 0.1) is 0 Å². The summed E-state index contributed by atoms with van der Waals surface area (Å²) >= 11 is 5.90. The van der Waals surface area contributed by atoms with E-state index in [0.717, 1.165) is 5.56 Å². The highest BCUT2D eigenvalue weighted by atomic mass is 35.5. The molecule has 1 aliphatic rings. The number of amides is 2. The van der Waals surface area contributed by atoms with Crippen molar-refractivity contribution in [3.63, 3.8) is 0 Å². The van der Waals surface area contributed by atoms with Crippen molar-refractivity contribution in [3.05, 3.63) is 34.9 Å². The van der Waals surface area contributed by atoms with Crippen LogP contribution in [0.5, 0.6) is 0 Å². The van der Waals surface area contributed by atoms with Crippen LogP contribution in [0.2, 0.25) is 5.02 Å². The van der Waals surface area contributed by atoms with Gasteiger partial charge in [0.15, 0.2) is 0 Å². The summed E-state index contributed by atoms with van der Waals surface area (Å²) < 4.78 is 0. The molecule has 130 valence electrons. The molecule has 0 saturated carbocycles. The molecule has 0 aliphatic carbocycles. The molecule has 1 unspecified atom stereocenters. The first-order valence-corrected chi connectivity index (χ1v) is 8.30. The molecule has 3 N–H and O–H groups in total. The number of halogens is 1. The fraction of sp³-hybridized carbons (Fsp3) is 0.471. The Morgan fingerprint density at radius 3 is 2.67 bits per heavy atom. The molecule has 1 aromatic rings. The number of hydrogen-bond acceptors (Lipinski definition) is 3. The molecular formula is C17H21ClN2O4. The predicted octanol–water partition coefficient (Wildman–Crippen LogP) is 2.25. The zero-order valence-corrected chi connectivity index (χ0v) is 14.1. The molecule has 24 heavy (non-hydrogen) atoms. The first-order chi connectivity index (χ1) is 11.4. The summed E-state index contributed by atoms with van der Waals surface area (Å²) in [6.45, 7) is 0.383. The van der Waals surface area contributed by atoms with Gasteiger partial charge < -0.3 is 15.7 Å². The van der Waals surface area contributed by atoms with Crippen molar-refractivity contribution in [2.45, 2.75) is 50.6 Å². The van der Waals surface area contributed by atoms with Gasteiger partial charge in [-0.2, -0.15) is 0 Å². The second-order valence-electron chi connectivity index (χ2n) is 6.13. The van der Waals surface area contributed by atoms with E-state index in [-0.39, 0.29) is 24.7 Å². The smallest absolute Gasteiger partial charge is 0.303 e. The summed E-state index contributed by atoms with van der Waals surface area (Å²) in [5, 5.41) is 15.2. The molecule has 2 rings (SSSR count). The number of carboxylic acid groups (broad SMARTS) is 1. The van der Waals surface area contributed by atoms with Gasteiger partial charge in [-0.3, -0.25) is 14.4 Å². The Morgan fingerprint density at radius 2 is 2.04 bits per heavy atom. The quantitative estimate of drug-likeness (QED) is 0.668. The van der Waals surface area contributed by atoms with E-state index in [9.17, 15) is 14.4 Å². The van der Waals surface area contributed by atoms with Gasteiger partial charge >= 0.3 is 5.97 Å². The average Bonchev–Trinajstić information content (AvgIpc) is 2.91. The van der Waals surface area contributed by atoms with Crippen LogP contribution in [0.3, 0.4) is 0 Å². The number of carboxylic acids is 1. The molecule has 1 aromatic carbocycles. The molecule has 1 heterocycles. The number of aliphatic carboxylic acids is 1. The zero-order valence-electron chi connectivity index (χ0n) is 13.3. The third-order valence-corrected chi connectivity index (χ3v) is 4.50. The first-order valence-electron chi connectivity index (χ1n) is 7.92. The third-order valence-electron chi connectivity index (χ3n) is 4.26. The van der Waals surface area contributed by atoms with Gasteiger partial charge in [-0.25, -0.2) is 0 Å². The Morgan fingerprint density at radius 1 is 1.29 bits per heavy atom. The molecule has 0 bridgehead atoms. The lowest BCUT2D eigenvalue weighted by Gasteiger charge is -2.28. The summed E-state index contributed by atoms with van der Waals surface area (Å²) in [7, 11) is 0. The molecule has 2 amide bonds. The maximum absolute atomic E-state index is 12.0. The van der Waals surface area contributed by atoms with E-state index >= 15 is 0 Å². The van der Waals surface area contributed by atoms with E-state index in [2.05, 4.69) is 10.6 Å². The van der Waals surface area contributed by atoms with Crippen molar-refractivity contribution in [2.24, 2.45) is 0 Å². The highest BCUT2D eigenvalue weighted by Crippen LogP contribution is 2.30. The van der Waals surface area contributed by atoms with Gasteiger partial charge in [-0.05, 0) is 37.0 Å². The minimum Gasteiger partial charge on any atom is -0.481 e. The van der Waals surface area contributed by atoms with Gasteiger partial charge in [-0.1, -0.05) is 23.7 Å². The molecule has 1 fully saturated rings. The van der Waals surface area contributed by atoms with Gasteiger partial charge in [0, 0.05) is 36.4 Å². The van der Waals surface area contributed by atoms with Crippen molar-refractivity contribution < 1.29 is 19.5 Å². The van der Waals surface area contributed by atoms with Gasteiger partial charge in [0.1, 0.15) is 0 Å². The van der Waals surface area contributed by atoms with Crippen molar-refractivity contribution in [1.29, 1.82) is 0 Å². The number of hydrogen-bond donors (Lipinski definition) is 3. The van der Waals surface area contributed by atoms with E-state index in [1.807, 2.05) is 12.1 Å². The molecule has 1 atom stereocenters. The molecule has 0 spiro atoms. The Kier molecular flexibility index (Phi) is 6.20. The standard InChI is InChI=1S/C17H21ClN2O4/c18-13-3-1-2-12(10-13)11-19-14(21)4-7-17(9-6-16(23)24)8-5-15(22)20-17/h1-3,10H,4-9,11H2,(H,19,21)(H,20,22)(H,23,24). The van der Waals surface area contributed by atoms with Crippen molar-refractivity contribution in [1.82, 2.24) is 10.6 Å². The van der Waals surface area contributed by atoms with E-state index in [1.165, 1.54) is 0 Å². The maximum atomic E-state index is 12.0. The van der Waals surface area contributed by atoms with Gasteiger partial charge in [0.2, 0.25) is 11.8 Å². The van der Waals surface area contributed by atoms with Gasteiger partial charge in [0.25, 0.3) is 0 Å². The molecule has 1 aliphatic heterocycles. The Balaban J connectivity index is 1.83. The van der Waals surface area contributed by atoms with Gasteiger partial charge in [0.05, 0.1) is 0 Å². The van der Waals surface area contributed by atoms with Crippen LogP contribution in [-0.2, 0) is 20.9 Å². The zero-order chi connectivity index (χ0) is 17.6.